The Morgan fingerprint density at radius 3 is 1.93 bits per heavy atom. The second-order valence-corrected chi connectivity index (χ2v) is 3.48. The molecule has 0 aliphatic rings. The second-order valence-electron chi connectivity index (χ2n) is 3.48. The summed E-state index contributed by atoms with van der Waals surface area (Å²) < 4.78 is 0. The van der Waals surface area contributed by atoms with Crippen LogP contribution in [0.5, 0.6) is 0 Å². The maximum Gasteiger partial charge on any atom is 0.0693 e. The van der Waals surface area contributed by atoms with Gasteiger partial charge in [-0.15, -0.1) is 0 Å². The molecule has 0 bridgehead atoms. The molecule has 0 spiro atoms. The molecular formula is C13H13NO. The van der Waals surface area contributed by atoms with Crippen LogP contribution in [0.15, 0.2) is 54.6 Å². The highest BCUT2D eigenvalue weighted by atomic mass is 16.5. The molecule has 0 aliphatic heterocycles. The zero-order valence-corrected chi connectivity index (χ0v) is 8.59. The average molecular weight is 199 g/mol. The number of hydrogen-bond donors (Lipinski definition) is 1. The number of para-hydroxylation sites is 1. The van der Waals surface area contributed by atoms with Gasteiger partial charge in [0.15, 0.2) is 0 Å². The van der Waals surface area contributed by atoms with E-state index in [1.165, 1.54) is 10.6 Å². The third-order valence-corrected chi connectivity index (χ3v) is 2.28. The molecule has 2 aromatic carbocycles. The Labute approximate surface area is 89.4 Å². The Morgan fingerprint density at radius 1 is 0.800 bits per heavy atom. The normalized spacial score (nSPS) is 10.0. The summed E-state index contributed by atoms with van der Waals surface area (Å²) in [6.07, 6.45) is 0. The number of aryl methyl sites for hydroxylation is 1. The fourth-order valence-corrected chi connectivity index (χ4v) is 1.40. The number of rotatable bonds is 2. The van der Waals surface area contributed by atoms with E-state index in [4.69, 9.17) is 0 Å². The SMILES string of the molecule is Cc1ccc(N(O)c2ccccc2)cc1. The highest BCUT2D eigenvalue weighted by molar-refractivity contribution is 5.59. The van der Waals surface area contributed by atoms with Gasteiger partial charge in [0.25, 0.3) is 0 Å². The third-order valence-electron chi connectivity index (χ3n) is 2.28. The molecule has 2 nitrogen and oxygen atoms in total. The summed E-state index contributed by atoms with van der Waals surface area (Å²) in [6.45, 7) is 2.02. The Morgan fingerprint density at radius 2 is 1.33 bits per heavy atom. The molecule has 0 atom stereocenters. The Balaban J connectivity index is 2.29. The molecule has 0 aromatic heterocycles. The van der Waals surface area contributed by atoms with Crippen LogP contribution in [-0.2, 0) is 0 Å². The summed E-state index contributed by atoms with van der Waals surface area (Å²) in [6, 6.07) is 17.2. The molecule has 2 aromatic rings. The molecular weight excluding hydrogens is 186 g/mol. The van der Waals surface area contributed by atoms with E-state index < -0.39 is 0 Å². The minimum atomic E-state index is 0.765. The first-order valence-corrected chi connectivity index (χ1v) is 4.88. The second kappa shape index (κ2) is 4.15. The van der Waals surface area contributed by atoms with Crippen LogP contribution in [0.1, 0.15) is 5.56 Å². The van der Waals surface area contributed by atoms with E-state index in [0.29, 0.717) is 0 Å². The summed E-state index contributed by atoms with van der Waals surface area (Å²) in [5, 5.41) is 11.1. The van der Waals surface area contributed by atoms with Crippen molar-refractivity contribution in [2.45, 2.75) is 6.92 Å². The van der Waals surface area contributed by atoms with Crippen molar-refractivity contribution in [3.63, 3.8) is 0 Å². The van der Waals surface area contributed by atoms with E-state index in [-0.39, 0.29) is 0 Å². The summed E-state index contributed by atoms with van der Waals surface area (Å²) in [5.41, 5.74) is 2.72. The van der Waals surface area contributed by atoms with Crippen LogP contribution in [0.25, 0.3) is 0 Å². The van der Waals surface area contributed by atoms with Crippen molar-refractivity contribution in [2.24, 2.45) is 0 Å². The van der Waals surface area contributed by atoms with Gasteiger partial charge in [-0.3, -0.25) is 5.21 Å². The topological polar surface area (TPSA) is 23.5 Å². The first kappa shape index (κ1) is 9.74. The number of anilines is 2. The molecule has 0 saturated heterocycles. The molecule has 1 N–H and O–H groups in total. The van der Waals surface area contributed by atoms with Crippen molar-refractivity contribution < 1.29 is 5.21 Å². The third kappa shape index (κ3) is 2.17. The lowest BCUT2D eigenvalue weighted by Crippen LogP contribution is -2.09. The smallest absolute Gasteiger partial charge is 0.0693 e. The van der Waals surface area contributed by atoms with Gasteiger partial charge in [-0.05, 0) is 31.2 Å². The highest BCUT2D eigenvalue weighted by Gasteiger charge is 2.03. The zero-order valence-electron chi connectivity index (χ0n) is 8.59. The predicted molar refractivity (Wildman–Crippen MR) is 61.5 cm³/mol. The summed E-state index contributed by atoms with van der Waals surface area (Å²) in [7, 11) is 0. The van der Waals surface area contributed by atoms with Crippen molar-refractivity contribution in [2.75, 3.05) is 5.06 Å². The first-order chi connectivity index (χ1) is 7.27. The minimum Gasteiger partial charge on any atom is -0.284 e. The van der Waals surface area contributed by atoms with E-state index >= 15 is 0 Å². The van der Waals surface area contributed by atoms with Crippen molar-refractivity contribution in [3.05, 3.63) is 60.2 Å². The number of benzene rings is 2. The van der Waals surface area contributed by atoms with Crippen LogP contribution in [0.3, 0.4) is 0 Å². The molecule has 2 heteroatoms. The molecule has 0 saturated carbocycles. The fourth-order valence-electron chi connectivity index (χ4n) is 1.40. The van der Waals surface area contributed by atoms with E-state index in [9.17, 15) is 5.21 Å². The Kier molecular flexibility index (Phi) is 2.70. The van der Waals surface area contributed by atoms with Crippen LogP contribution in [0, 0.1) is 6.92 Å². The van der Waals surface area contributed by atoms with Crippen LogP contribution in [0.4, 0.5) is 11.4 Å². The molecule has 0 aliphatic carbocycles. The van der Waals surface area contributed by atoms with Crippen molar-refractivity contribution >= 4 is 11.4 Å². The highest BCUT2D eigenvalue weighted by Crippen LogP contribution is 2.22. The number of hydrogen-bond acceptors (Lipinski definition) is 2. The lowest BCUT2D eigenvalue weighted by molar-refractivity contribution is 0.301. The molecule has 15 heavy (non-hydrogen) atoms. The van der Waals surface area contributed by atoms with Crippen LogP contribution in [-0.4, -0.2) is 5.21 Å². The molecule has 2 rings (SSSR count). The zero-order chi connectivity index (χ0) is 10.7. The number of nitrogens with zero attached hydrogens (tertiary/aromatic N) is 1. The maximum atomic E-state index is 9.92. The van der Waals surface area contributed by atoms with Gasteiger partial charge in [0.05, 0.1) is 11.4 Å². The largest absolute Gasteiger partial charge is 0.284 e. The first-order valence-electron chi connectivity index (χ1n) is 4.88. The standard InChI is InChI=1S/C13H13NO/c1-11-7-9-13(10-8-11)14(15)12-5-3-2-4-6-12/h2-10,15H,1H3. The van der Waals surface area contributed by atoms with Gasteiger partial charge in [0.1, 0.15) is 0 Å². The fraction of sp³-hybridized carbons (Fsp3) is 0.0769. The van der Waals surface area contributed by atoms with Crippen LogP contribution >= 0.6 is 0 Å². The van der Waals surface area contributed by atoms with Gasteiger partial charge >= 0.3 is 0 Å². The van der Waals surface area contributed by atoms with Gasteiger partial charge in [0, 0.05) is 0 Å². The lowest BCUT2D eigenvalue weighted by atomic mass is 10.2. The summed E-state index contributed by atoms with van der Waals surface area (Å²) >= 11 is 0. The lowest BCUT2D eigenvalue weighted by Gasteiger charge is -2.16. The molecule has 76 valence electrons. The molecule has 0 heterocycles. The van der Waals surface area contributed by atoms with Gasteiger partial charge in [-0.1, -0.05) is 35.9 Å². The predicted octanol–water partition coefficient (Wildman–Crippen LogP) is 3.52. The minimum absolute atomic E-state index is 0.765. The Bertz CT molecular complexity index is 422. The molecule has 0 fully saturated rings. The quantitative estimate of drug-likeness (QED) is 0.748. The van der Waals surface area contributed by atoms with E-state index in [1.54, 1.807) is 0 Å². The van der Waals surface area contributed by atoms with Crippen LogP contribution < -0.4 is 5.06 Å². The van der Waals surface area contributed by atoms with E-state index in [0.717, 1.165) is 11.4 Å². The van der Waals surface area contributed by atoms with E-state index in [2.05, 4.69) is 0 Å². The van der Waals surface area contributed by atoms with Gasteiger partial charge in [-0.2, -0.15) is 0 Å². The van der Waals surface area contributed by atoms with Gasteiger partial charge in [-0.25, -0.2) is 5.06 Å². The summed E-state index contributed by atoms with van der Waals surface area (Å²) in [4.78, 5) is 0. The van der Waals surface area contributed by atoms with Crippen molar-refractivity contribution in [1.29, 1.82) is 0 Å². The average Bonchev–Trinajstić information content (AvgIpc) is 2.30. The molecule has 0 radical (unpaired) electrons. The monoisotopic (exact) mass is 199 g/mol. The Hall–Kier alpha value is -1.80. The van der Waals surface area contributed by atoms with Gasteiger partial charge in [0.2, 0.25) is 0 Å². The van der Waals surface area contributed by atoms with Crippen molar-refractivity contribution in [1.82, 2.24) is 0 Å². The summed E-state index contributed by atoms with van der Waals surface area (Å²) in [5.74, 6) is 0. The van der Waals surface area contributed by atoms with Crippen LogP contribution in [0.2, 0.25) is 0 Å². The molecule has 0 unspecified atom stereocenters. The van der Waals surface area contributed by atoms with Gasteiger partial charge < -0.3 is 0 Å². The molecule has 0 amide bonds. The van der Waals surface area contributed by atoms with Crippen molar-refractivity contribution in [3.8, 4) is 0 Å². The maximum absolute atomic E-state index is 9.92. The van der Waals surface area contributed by atoms with E-state index in [1.807, 2.05) is 61.5 Å².